The lowest BCUT2D eigenvalue weighted by atomic mass is 10.0. The van der Waals surface area contributed by atoms with Crippen molar-refractivity contribution in [1.82, 2.24) is 4.98 Å². The molecule has 0 aromatic carbocycles. The van der Waals surface area contributed by atoms with Crippen molar-refractivity contribution in [2.75, 3.05) is 0 Å². The minimum Gasteiger partial charge on any atom is -0.387 e. The molecule has 0 amide bonds. The van der Waals surface area contributed by atoms with Gasteiger partial charge < -0.3 is 10.5 Å². The second-order valence-corrected chi connectivity index (χ2v) is 3.24. The third-order valence-electron chi connectivity index (χ3n) is 2.00. The molecular weight excluding hydrogens is 282 g/mol. The van der Waals surface area contributed by atoms with E-state index in [4.69, 9.17) is 5.73 Å². The third kappa shape index (κ3) is 3.56. The minimum atomic E-state index is -5.36. The molecule has 1 aromatic rings. The van der Waals surface area contributed by atoms with Gasteiger partial charge in [0.15, 0.2) is 6.29 Å². The van der Waals surface area contributed by atoms with Crippen LogP contribution in [0.15, 0.2) is 6.20 Å². The van der Waals surface area contributed by atoms with E-state index in [2.05, 4.69) is 9.72 Å². The van der Waals surface area contributed by atoms with Crippen LogP contribution in [-0.2, 0) is 12.7 Å². The number of aromatic nitrogens is 1. The lowest BCUT2D eigenvalue weighted by Crippen LogP contribution is -2.23. The molecule has 1 heterocycles. The number of pyridine rings is 1. The normalized spacial score (nSPS) is 12.4. The molecule has 4 nitrogen and oxygen atoms in total. The highest BCUT2D eigenvalue weighted by molar-refractivity contribution is 5.81. The third-order valence-corrected chi connectivity index (χ3v) is 2.00. The predicted molar refractivity (Wildman–Crippen MR) is 49.2 cm³/mol. The zero-order valence-electron chi connectivity index (χ0n) is 8.97. The fourth-order valence-electron chi connectivity index (χ4n) is 1.30. The first-order chi connectivity index (χ1) is 8.60. The first-order valence-corrected chi connectivity index (χ1v) is 4.60. The van der Waals surface area contributed by atoms with E-state index in [1.165, 1.54) is 0 Å². The van der Waals surface area contributed by atoms with Crippen molar-refractivity contribution in [2.24, 2.45) is 5.73 Å². The molecule has 0 aliphatic heterocycles. The molecule has 0 spiro atoms. The summed E-state index contributed by atoms with van der Waals surface area (Å²) in [6.45, 7) is -0.490. The fourth-order valence-corrected chi connectivity index (χ4v) is 1.30. The number of rotatable bonds is 3. The predicted octanol–water partition coefficient (Wildman–Crippen LogP) is 2.27. The summed E-state index contributed by atoms with van der Waals surface area (Å²) in [4.78, 5) is 13.6. The molecule has 19 heavy (non-hydrogen) atoms. The highest BCUT2D eigenvalue weighted by Gasteiger charge is 2.43. The maximum atomic E-state index is 12.7. The molecule has 0 bridgehead atoms. The van der Waals surface area contributed by atoms with Crippen molar-refractivity contribution in [2.45, 2.75) is 19.1 Å². The SMILES string of the molecule is NCc1cnc(OC(F)(F)F)c(C(F)(F)F)c1C=O. The Hall–Kier alpha value is -1.84. The van der Waals surface area contributed by atoms with Gasteiger partial charge in [-0.05, 0) is 5.56 Å². The molecule has 2 N–H and O–H groups in total. The Morgan fingerprint density at radius 2 is 1.84 bits per heavy atom. The summed E-state index contributed by atoms with van der Waals surface area (Å²) in [7, 11) is 0. The van der Waals surface area contributed by atoms with E-state index >= 15 is 0 Å². The second kappa shape index (κ2) is 5.03. The van der Waals surface area contributed by atoms with Crippen LogP contribution in [0.4, 0.5) is 26.3 Å². The number of carbonyl (C=O) groups is 1. The van der Waals surface area contributed by atoms with E-state index in [0.717, 1.165) is 0 Å². The Morgan fingerprint density at radius 3 is 2.21 bits per heavy atom. The van der Waals surface area contributed by atoms with Gasteiger partial charge in [-0.15, -0.1) is 13.2 Å². The van der Waals surface area contributed by atoms with Gasteiger partial charge in [0.2, 0.25) is 5.88 Å². The Morgan fingerprint density at radius 1 is 1.26 bits per heavy atom. The van der Waals surface area contributed by atoms with Crippen LogP contribution in [0.25, 0.3) is 0 Å². The van der Waals surface area contributed by atoms with Crippen molar-refractivity contribution >= 4 is 6.29 Å². The van der Waals surface area contributed by atoms with E-state index < -0.39 is 36.1 Å². The number of hydrogen-bond acceptors (Lipinski definition) is 4. The molecule has 0 saturated heterocycles. The lowest BCUT2D eigenvalue weighted by molar-refractivity contribution is -0.277. The number of nitrogens with two attached hydrogens (primary N) is 1. The van der Waals surface area contributed by atoms with Crippen LogP contribution < -0.4 is 10.5 Å². The van der Waals surface area contributed by atoms with Crippen molar-refractivity contribution in [3.8, 4) is 5.88 Å². The topological polar surface area (TPSA) is 65.2 Å². The van der Waals surface area contributed by atoms with Crippen molar-refractivity contribution in [3.63, 3.8) is 0 Å². The zero-order valence-corrected chi connectivity index (χ0v) is 8.97. The van der Waals surface area contributed by atoms with Crippen molar-refractivity contribution < 1.29 is 35.9 Å². The van der Waals surface area contributed by atoms with Crippen molar-refractivity contribution in [1.29, 1.82) is 0 Å². The van der Waals surface area contributed by atoms with E-state index in [-0.39, 0.29) is 11.8 Å². The summed E-state index contributed by atoms with van der Waals surface area (Å²) in [6.07, 6.45) is -10.2. The Bertz CT molecular complexity index is 483. The van der Waals surface area contributed by atoms with E-state index in [1.807, 2.05) is 0 Å². The first-order valence-electron chi connectivity index (χ1n) is 4.60. The van der Waals surface area contributed by atoms with E-state index in [0.29, 0.717) is 6.20 Å². The number of nitrogens with zero attached hydrogens (tertiary/aromatic N) is 1. The molecular formula is C9H6F6N2O2. The Kier molecular flexibility index (Phi) is 4.03. The molecule has 1 aromatic heterocycles. The molecule has 0 saturated carbocycles. The summed E-state index contributed by atoms with van der Waals surface area (Å²) in [5, 5.41) is 0. The van der Waals surface area contributed by atoms with Gasteiger partial charge in [-0.1, -0.05) is 0 Å². The summed E-state index contributed by atoms with van der Waals surface area (Å²) >= 11 is 0. The maximum Gasteiger partial charge on any atom is 0.574 e. The second-order valence-electron chi connectivity index (χ2n) is 3.24. The monoisotopic (exact) mass is 288 g/mol. The number of ether oxygens (including phenoxy) is 1. The van der Waals surface area contributed by atoms with Gasteiger partial charge in [-0.2, -0.15) is 13.2 Å². The van der Waals surface area contributed by atoms with Gasteiger partial charge >= 0.3 is 12.5 Å². The Balaban J connectivity index is 3.52. The molecule has 10 heteroatoms. The van der Waals surface area contributed by atoms with Gasteiger partial charge in [0.1, 0.15) is 5.56 Å². The molecule has 0 aliphatic rings. The lowest BCUT2D eigenvalue weighted by Gasteiger charge is -2.17. The molecule has 0 radical (unpaired) electrons. The van der Waals surface area contributed by atoms with Gasteiger partial charge in [0.05, 0.1) is 0 Å². The van der Waals surface area contributed by atoms with Gasteiger partial charge in [-0.25, -0.2) is 4.98 Å². The number of alkyl halides is 6. The van der Waals surface area contributed by atoms with Crippen LogP contribution in [-0.4, -0.2) is 17.6 Å². The fraction of sp³-hybridized carbons (Fsp3) is 0.333. The maximum absolute atomic E-state index is 12.7. The van der Waals surface area contributed by atoms with Crippen molar-refractivity contribution in [3.05, 3.63) is 22.9 Å². The van der Waals surface area contributed by atoms with Gasteiger partial charge in [0, 0.05) is 18.3 Å². The van der Waals surface area contributed by atoms with Crippen LogP contribution in [0, 0.1) is 0 Å². The number of aldehydes is 1. The quantitative estimate of drug-likeness (QED) is 0.684. The van der Waals surface area contributed by atoms with Crippen LogP contribution in [0.5, 0.6) is 5.88 Å². The van der Waals surface area contributed by atoms with Crippen LogP contribution in [0.3, 0.4) is 0 Å². The molecule has 0 unspecified atom stereocenters. The summed E-state index contributed by atoms with van der Waals surface area (Å²) in [6, 6.07) is 0. The average molecular weight is 288 g/mol. The highest BCUT2D eigenvalue weighted by Crippen LogP contribution is 2.39. The average Bonchev–Trinajstić information content (AvgIpc) is 2.24. The Labute approximate surface area is 102 Å². The molecule has 106 valence electrons. The standard InChI is InChI=1S/C9H6F6N2O2/c10-8(11,12)6-5(3-18)4(1-16)2-17-7(6)19-9(13,14)15/h2-3H,1,16H2. The molecule has 1 rings (SSSR count). The van der Waals surface area contributed by atoms with E-state index in [1.54, 1.807) is 0 Å². The molecule has 0 atom stereocenters. The zero-order chi connectivity index (χ0) is 14.8. The first kappa shape index (κ1) is 15.2. The van der Waals surface area contributed by atoms with Crippen LogP contribution in [0.1, 0.15) is 21.5 Å². The van der Waals surface area contributed by atoms with Gasteiger partial charge in [0.25, 0.3) is 0 Å². The smallest absolute Gasteiger partial charge is 0.387 e. The highest BCUT2D eigenvalue weighted by atomic mass is 19.4. The van der Waals surface area contributed by atoms with E-state index in [9.17, 15) is 31.1 Å². The summed E-state index contributed by atoms with van der Waals surface area (Å²) in [5.74, 6) is -1.74. The summed E-state index contributed by atoms with van der Waals surface area (Å²) in [5.41, 5.74) is 1.83. The summed E-state index contributed by atoms with van der Waals surface area (Å²) < 4.78 is 77.2. The van der Waals surface area contributed by atoms with Gasteiger partial charge in [-0.3, -0.25) is 4.79 Å². The number of halogens is 6. The van der Waals surface area contributed by atoms with Crippen LogP contribution in [0.2, 0.25) is 0 Å². The number of hydrogen-bond donors (Lipinski definition) is 1. The number of carbonyl (C=O) groups excluding carboxylic acids is 1. The minimum absolute atomic E-state index is 0.240. The molecule has 0 aliphatic carbocycles. The molecule has 0 fully saturated rings. The largest absolute Gasteiger partial charge is 0.574 e. The van der Waals surface area contributed by atoms with Crippen LogP contribution >= 0.6 is 0 Å².